The molecular formula is C52H36N4O. The van der Waals surface area contributed by atoms with Gasteiger partial charge in [-0.3, -0.25) is 4.99 Å². The zero-order valence-electron chi connectivity index (χ0n) is 31.1. The van der Waals surface area contributed by atoms with Crippen LogP contribution in [0, 0.1) is 0 Å². The van der Waals surface area contributed by atoms with Gasteiger partial charge in [0.15, 0.2) is 11.7 Å². The van der Waals surface area contributed by atoms with Gasteiger partial charge in [-0.2, -0.15) is 0 Å². The number of benzene rings is 8. The van der Waals surface area contributed by atoms with Crippen LogP contribution in [0.5, 0.6) is 0 Å². The van der Waals surface area contributed by atoms with Crippen LogP contribution in [0.15, 0.2) is 214 Å². The van der Waals surface area contributed by atoms with Gasteiger partial charge in [0.25, 0.3) is 0 Å². The molecule has 0 radical (unpaired) electrons. The van der Waals surface area contributed by atoms with Crippen LogP contribution in [0.25, 0.3) is 71.7 Å². The molecule has 5 heteroatoms. The van der Waals surface area contributed by atoms with E-state index in [0.717, 1.165) is 66.6 Å². The van der Waals surface area contributed by atoms with E-state index in [1.54, 1.807) is 0 Å². The maximum atomic E-state index is 6.47. The first-order valence-corrected chi connectivity index (χ1v) is 19.1. The molecule has 0 aliphatic heterocycles. The minimum Gasteiger partial charge on any atom is -0.456 e. The molecule has 0 unspecified atom stereocenters. The smallest absolute Gasteiger partial charge is 0.161 e. The summed E-state index contributed by atoms with van der Waals surface area (Å²) < 4.78 is 8.81. The maximum Gasteiger partial charge on any atom is 0.161 e. The third-order valence-corrected chi connectivity index (χ3v) is 10.6. The molecule has 10 aromatic rings. The lowest BCUT2D eigenvalue weighted by Gasteiger charge is -2.08. The summed E-state index contributed by atoms with van der Waals surface area (Å²) in [6.07, 6.45) is 0. The van der Waals surface area contributed by atoms with Crippen molar-refractivity contribution >= 4 is 62.1 Å². The lowest BCUT2D eigenvalue weighted by Crippen LogP contribution is -2.05. The lowest BCUT2D eigenvalue weighted by atomic mass is 10.0. The number of furan rings is 1. The Morgan fingerprint density at radius 2 is 1.09 bits per heavy atom. The first kappa shape index (κ1) is 33.9. The molecule has 0 aliphatic rings. The average molecular weight is 733 g/mol. The Morgan fingerprint density at radius 3 is 1.88 bits per heavy atom. The summed E-state index contributed by atoms with van der Waals surface area (Å²) in [5.74, 6) is 1.08. The zero-order chi connectivity index (χ0) is 38.1. The zero-order valence-corrected chi connectivity index (χ0v) is 31.1. The van der Waals surface area contributed by atoms with Crippen molar-refractivity contribution in [1.29, 1.82) is 0 Å². The van der Waals surface area contributed by atoms with Crippen LogP contribution < -0.4 is 0 Å². The van der Waals surface area contributed by atoms with Crippen molar-refractivity contribution in [3.63, 3.8) is 0 Å². The molecule has 0 N–H and O–H groups in total. The second-order valence-corrected chi connectivity index (χ2v) is 14.1. The second kappa shape index (κ2) is 14.5. The number of aliphatic imine (C=N–C) groups is 3. The van der Waals surface area contributed by atoms with Crippen LogP contribution in [-0.2, 0) is 6.54 Å². The SMILES string of the molecule is C=NC(=NC(=NCc1ccccc1)c1ccc(-c2ccccc2)cc1)c1ccc2oc3cc(-c4ccc5c(c4)c4ccccc4n5-c4ccccc4)ccc3c2c1. The Labute approximate surface area is 330 Å². The Kier molecular flexibility index (Phi) is 8.65. The van der Waals surface area contributed by atoms with Gasteiger partial charge in [-0.05, 0) is 95.2 Å². The molecule has 0 saturated carbocycles. The quantitative estimate of drug-likeness (QED) is 0.119. The van der Waals surface area contributed by atoms with Gasteiger partial charge in [0.05, 0.1) is 17.6 Å². The molecule has 0 fully saturated rings. The largest absolute Gasteiger partial charge is 0.456 e. The van der Waals surface area contributed by atoms with E-state index < -0.39 is 0 Å². The number of hydrogen-bond acceptors (Lipinski definition) is 2. The highest BCUT2D eigenvalue weighted by Gasteiger charge is 2.16. The second-order valence-electron chi connectivity index (χ2n) is 14.1. The normalized spacial score (nSPS) is 12.2. The minimum atomic E-state index is 0.486. The van der Waals surface area contributed by atoms with E-state index in [1.165, 1.54) is 21.8 Å². The Balaban J connectivity index is 1.01. The van der Waals surface area contributed by atoms with E-state index in [9.17, 15) is 0 Å². The first-order chi connectivity index (χ1) is 28.2. The standard InChI is InChI=1S/C52H36N4O/c1-53-51(55-52(54-34-35-13-5-2-6-14-35)38-23-21-37(22-24-38)36-15-7-3-8-16-36)41-27-30-49-46(32-41)44-28-25-40(33-50(44)57-49)39-26-29-48-45(31-39)43-19-11-12-20-47(43)56(48)42-17-9-4-10-18-42/h2-33H,1,34H2. The highest BCUT2D eigenvalue weighted by Crippen LogP contribution is 2.37. The number of rotatable bonds is 7. The Morgan fingerprint density at radius 1 is 0.456 bits per heavy atom. The van der Waals surface area contributed by atoms with Gasteiger partial charge in [-0.25, -0.2) is 9.98 Å². The topological polar surface area (TPSA) is 55.1 Å². The molecule has 10 rings (SSSR count). The molecule has 0 bridgehead atoms. The van der Waals surface area contributed by atoms with E-state index in [-0.39, 0.29) is 0 Å². The van der Waals surface area contributed by atoms with Gasteiger partial charge in [0, 0.05) is 38.4 Å². The van der Waals surface area contributed by atoms with Gasteiger partial charge < -0.3 is 8.98 Å². The monoisotopic (exact) mass is 732 g/mol. The number of fused-ring (bicyclic) bond motifs is 6. The number of nitrogens with zero attached hydrogens (tertiary/aromatic N) is 4. The van der Waals surface area contributed by atoms with Crippen molar-refractivity contribution in [2.75, 3.05) is 0 Å². The van der Waals surface area contributed by atoms with Gasteiger partial charge in [-0.1, -0.05) is 133 Å². The fourth-order valence-electron chi connectivity index (χ4n) is 7.78. The van der Waals surface area contributed by atoms with Crippen LogP contribution in [0.4, 0.5) is 0 Å². The van der Waals surface area contributed by atoms with E-state index in [0.29, 0.717) is 18.2 Å². The molecular weight excluding hydrogens is 697 g/mol. The molecule has 2 aromatic heterocycles. The van der Waals surface area contributed by atoms with Crippen LogP contribution in [0.1, 0.15) is 16.7 Å². The highest BCUT2D eigenvalue weighted by molar-refractivity contribution is 6.16. The summed E-state index contributed by atoms with van der Waals surface area (Å²) >= 11 is 0. The van der Waals surface area contributed by atoms with Gasteiger partial charge in [0.1, 0.15) is 11.2 Å². The summed E-state index contributed by atoms with van der Waals surface area (Å²) in [5.41, 5.74) is 12.5. The van der Waals surface area contributed by atoms with Gasteiger partial charge >= 0.3 is 0 Å². The summed E-state index contributed by atoms with van der Waals surface area (Å²) in [6.45, 7) is 4.42. The summed E-state index contributed by atoms with van der Waals surface area (Å²) in [4.78, 5) is 14.5. The number of amidine groups is 2. The fraction of sp³-hybridized carbons (Fsp3) is 0.0192. The van der Waals surface area contributed by atoms with E-state index >= 15 is 0 Å². The van der Waals surface area contributed by atoms with E-state index in [4.69, 9.17) is 14.4 Å². The average Bonchev–Trinajstić information content (AvgIpc) is 3.82. The third kappa shape index (κ3) is 6.41. The van der Waals surface area contributed by atoms with Crippen LogP contribution in [0.2, 0.25) is 0 Å². The summed E-state index contributed by atoms with van der Waals surface area (Å²) in [5, 5.41) is 4.45. The van der Waals surface area contributed by atoms with Crippen LogP contribution >= 0.6 is 0 Å². The molecule has 0 aliphatic carbocycles. The summed E-state index contributed by atoms with van der Waals surface area (Å²) in [6, 6.07) is 67.3. The molecule has 8 aromatic carbocycles. The van der Waals surface area contributed by atoms with Crippen molar-refractivity contribution in [3.8, 4) is 27.9 Å². The molecule has 0 saturated heterocycles. The van der Waals surface area contributed by atoms with E-state index in [1.807, 2.05) is 48.5 Å². The highest BCUT2D eigenvalue weighted by atomic mass is 16.3. The van der Waals surface area contributed by atoms with Gasteiger partial charge in [0.2, 0.25) is 0 Å². The number of para-hydroxylation sites is 2. The molecule has 270 valence electrons. The lowest BCUT2D eigenvalue weighted by molar-refractivity contribution is 0.669. The molecule has 57 heavy (non-hydrogen) atoms. The Hall–Kier alpha value is -7.63. The van der Waals surface area contributed by atoms with E-state index in [2.05, 4.69) is 162 Å². The number of aromatic nitrogens is 1. The maximum absolute atomic E-state index is 6.47. The number of hydrogen-bond donors (Lipinski definition) is 0. The Bertz CT molecular complexity index is 3140. The predicted octanol–water partition coefficient (Wildman–Crippen LogP) is 13.1. The van der Waals surface area contributed by atoms with Crippen molar-refractivity contribution in [2.24, 2.45) is 15.0 Å². The first-order valence-electron chi connectivity index (χ1n) is 19.1. The summed E-state index contributed by atoms with van der Waals surface area (Å²) in [7, 11) is 0. The van der Waals surface area contributed by atoms with Gasteiger partial charge in [-0.15, -0.1) is 0 Å². The van der Waals surface area contributed by atoms with Crippen molar-refractivity contribution < 1.29 is 4.42 Å². The molecule has 0 spiro atoms. The van der Waals surface area contributed by atoms with Crippen molar-refractivity contribution in [3.05, 3.63) is 211 Å². The van der Waals surface area contributed by atoms with Crippen molar-refractivity contribution in [1.82, 2.24) is 4.57 Å². The molecule has 2 heterocycles. The molecule has 5 nitrogen and oxygen atoms in total. The fourth-order valence-corrected chi connectivity index (χ4v) is 7.78. The minimum absolute atomic E-state index is 0.486. The molecule has 0 amide bonds. The predicted molar refractivity (Wildman–Crippen MR) is 238 cm³/mol. The van der Waals surface area contributed by atoms with Crippen molar-refractivity contribution in [2.45, 2.75) is 6.54 Å². The third-order valence-electron chi connectivity index (χ3n) is 10.6. The molecule has 0 atom stereocenters. The van der Waals surface area contributed by atoms with Crippen LogP contribution in [-0.4, -0.2) is 23.0 Å². The van der Waals surface area contributed by atoms with Crippen LogP contribution in [0.3, 0.4) is 0 Å².